The zero-order valence-corrected chi connectivity index (χ0v) is 22.3. The maximum absolute atomic E-state index is 14.1. The molecule has 1 atom stereocenters. The second-order valence-electron chi connectivity index (χ2n) is 11.5. The van der Waals surface area contributed by atoms with E-state index in [9.17, 15) is 18.0 Å². The molecular weight excluding hydrogens is 499 g/mol. The average Bonchev–Trinajstić information content (AvgIpc) is 3.24. The van der Waals surface area contributed by atoms with Gasteiger partial charge in [0.25, 0.3) is 5.91 Å². The van der Waals surface area contributed by atoms with E-state index in [4.69, 9.17) is 25.4 Å². The maximum Gasteiger partial charge on any atom is 0.490 e. The molecule has 210 valence electrons. The lowest BCUT2D eigenvalue weighted by Gasteiger charge is -2.45. The van der Waals surface area contributed by atoms with Crippen molar-refractivity contribution < 1.29 is 32.6 Å². The van der Waals surface area contributed by atoms with Gasteiger partial charge in [0.1, 0.15) is 0 Å². The molecule has 0 aromatic heterocycles. The maximum atomic E-state index is 14.1. The minimum atomic E-state index is -5.08. The molecule has 3 aliphatic carbocycles. The molecule has 10 heteroatoms. The van der Waals surface area contributed by atoms with Crippen LogP contribution in [-0.4, -0.2) is 53.3 Å². The van der Waals surface area contributed by atoms with E-state index < -0.39 is 17.7 Å². The number of carbonyl (C=O) groups excluding carboxylic acids is 1. The summed E-state index contributed by atoms with van der Waals surface area (Å²) in [4.78, 5) is 29.8. The molecule has 3 N–H and O–H groups in total. The number of aryl methyl sites for hydroxylation is 1. The van der Waals surface area contributed by atoms with E-state index in [1.165, 1.54) is 36.8 Å². The molecule has 0 saturated heterocycles. The summed E-state index contributed by atoms with van der Waals surface area (Å²) in [6.45, 7) is 4.05. The van der Waals surface area contributed by atoms with Crippen LogP contribution in [0.4, 0.5) is 13.2 Å². The Hall–Kier alpha value is -2.62. The molecule has 2 spiro atoms. The van der Waals surface area contributed by atoms with E-state index >= 15 is 0 Å². The SMILES string of the molecule is COC1CCC2(CC1)Cc1ccc(CCC3CCC3)cc1C21N=C(N)N(C(C)C)C1=O.O=C(O)C(F)(F)F. The molecule has 1 amide bonds. The molecular formula is C28H38F3N3O4. The number of carboxylic acid groups (broad SMARTS) is 1. The van der Waals surface area contributed by atoms with Crippen LogP contribution < -0.4 is 5.73 Å². The summed E-state index contributed by atoms with van der Waals surface area (Å²) < 4.78 is 37.4. The van der Waals surface area contributed by atoms with Crippen molar-refractivity contribution in [3.05, 3.63) is 34.9 Å². The van der Waals surface area contributed by atoms with Crippen molar-refractivity contribution >= 4 is 17.8 Å². The van der Waals surface area contributed by atoms with Gasteiger partial charge in [-0.05, 0) is 81.4 Å². The summed E-state index contributed by atoms with van der Waals surface area (Å²) in [5.74, 6) is -1.39. The number of amides is 1. The van der Waals surface area contributed by atoms with E-state index in [2.05, 4.69) is 18.2 Å². The van der Waals surface area contributed by atoms with Crippen LogP contribution in [0.3, 0.4) is 0 Å². The third-order valence-corrected chi connectivity index (χ3v) is 8.97. The first-order chi connectivity index (χ1) is 17.8. The lowest BCUT2D eigenvalue weighted by molar-refractivity contribution is -0.192. The fourth-order valence-corrected chi connectivity index (χ4v) is 6.69. The zero-order chi connectivity index (χ0) is 27.9. The smallest absolute Gasteiger partial charge is 0.475 e. The normalized spacial score (nSPS) is 28.8. The number of benzene rings is 1. The number of fused-ring (bicyclic) bond motifs is 3. The van der Waals surface area contributed by atoms with Gasteiger partial charge in [-0.1, -0.05) is 37.5 Å². The number of nitrogens with zero attached hydrogens (tertiary/aromatic N) is 2. The highest BCUT2D eigenvalue weighted by atomic mass is 19.4. The van der Waals surface area contributed by atoms with Gasteiger partial charge in [-0.2, -0.15) is 13.2 Å². The lowest BCUT2D eigenvalue weighted by Crippen LogP contribution is -2.53. The summed E-state index contributed by atoms with van der Waals surface area (Å²) in [6.07, 6.45) is 6.45. The standard InChI is InChI=1S/C26H37N3O2.C2HF3O2/c1-17(2)29-23(30)26(28-24(29)27)22-15-19(8-7-18-5-4-6-18)9-10-20(22)16-25(26)13-11-21(31-3)12-14-25;3-2(4,5)1(6)7/h9-10,15,17-18,21H,4-8,11-14,16H2,1-3H3,(H2,27,28);(H,6,7). The van der Waals surface area contributed by atoms with Crippen molar-refractivity contribution in [2.24, 2.45) is 22.1 Å². The molecule has 2 fully saturated rings. The Morgan fingerprint density at radius 2 is 1.87 bits per heavy atom. The van der Waals surface area contributed by atoms with E-state index in [1.807, 2.05) is 13.8 Å². The monoisotopic (exact) mass is 537 g/mol. The number of hydrogen-bond donors (Lipinski definition) is 2. The highest BCUT2D eigenvalue weighted by Gasteiger charge is 2.66. The number of aliphatic carboxylic acids is 1. The van der Waals surface area contributed by atoms with Crippen LogP contribution in [-0.2, 0) is 32.7 Å². The Morgan fingerprint density at radius 1 is 1.24 bits per heavy atom. The second kappa shape index (κ2) is 10.5. The van der Waals surface area contributed by atoms with Crippen LogP contribution in [0.1, 0.15) is 81.9 Å². The van der Waals surface area contributed by atoms with Gasteiger partial charge >= 0.3 is 12.1 Å². The largest absolute Gasteiger partial charge is 0.490 e. The molecule has 1 unspecified atom stereocenters. The molecule has 4 aliphatic rings. The van der Waals surface area contributed by atoms with Crippen LogP contribution in [0.2, 0.25) is 0 Å². The van der Waals surface area contributed by atoms with E-state index in [1.54, 1.807) is 12.0 Å². The number of carbonyl (C=O) groups is 2. The molecule has 1 aromatic rings. The fourth-order valence-electron chi connectivity index (χ4n) is 6.69. The van der Waals surface area contributed by atoms with E-state index in [0.29, 0.717) is 5.96 Å². The van der Waals surface area contributed by atoms with Gasteiger partial charge in [0.05, 0.1) is 6.10 Å². The predicted octanol–water partition coefficient (Wildman–Crippen LogP) is 4.94. The Balaban J connectivity index is 0.000000426. The molecule has 0 radical (unpaired) electrons. The average molecular weight is 538 g/mol. The van der Waals surface area contributed by atoms with Crippen molar-refractivity contribution in [1.29, 1.82) is 0 Å². The van der Waals surface area contributed by atoms with Crippen LogP contribution in [0.5, 0.6) is 0 Å². The van der Waals surface area contributed by atoms with Crippen molar-refractivity contribution in [3.8, 4) is 0 Å². The van der Waals surface area contributed by atoms with Crippen molar-refractivity contribution in [1.82, 2.24) is 4.90 Å². The highest BCUT2D eigenvalue weighted by Crippen LogP contribution is 2.62. The van der Waals surface area contributed by atoms with Crippen molar-refractivity contribution in [2.75, 3.05) is 7.11 Å². The number of alkyl halides is 3. The number of halogens is 3. The minimum absolute atomic E-state index is 0.00818. The number of hydrogen-bond acceptors (Lipinski definition) is 5. The Labute approximate surface area is 221 Å². The van der Waals surface area contributed by atoms with E-state index in [0.717, 1.165) is 50.0 Å². The van der Waals surface area contributed by atoms with Gasteiger partial charge < -0.3 is 15.6 Å². The minimum Gasteiger partial charge on any atom is -0.475 e. The fraction of sp³-hybridized carbons (Fsp3) is 0.679. The number of rotatable bonds is 5. The molecule has 2 saturated carbocycles. The number of nitrogens with two attached hydrogens (primary N) is 1. The Morgan fingerprint density at radius 3 is 2.34 bits per heavy atom. The number of carboxylic acids is 1. The van der Waals surface area contributed by atoms with E-state index in [-0.39, 0.29) is 23.5 Å². The zero-order valence-electron chi connectivity index (χ0n) is 22.3. The van der Waals surface area contributed by atoms with Crippen LogP contribution in [0.15, 0.2) is 23.2 Å². The van der Waals surface area contributed by atoms with Gasteiger partial charge in [-0.3, -0.25) is 9.69 Å². The Bertz CT molecular complexity index is 1090. The summed E-state index contributed by atoms with van der Waals surface area (Å²) in [5.41, 5.74) is 9.13. The number of aliphatic imine (C=N–C) groups is 1. The van der Waals surface area contributed by atoms with Gasteiger partial charge in [0.2, 0.25) is 0 Å². The number of ether oxygens (including phenoxy) is 1. The summed E-state index contributed by atoms with van der Waals surface area (Å²) in [5, 5.41) is 7.12. The van der Waals surface area contributed by atoms with Crippen molar-refractivity contribution in [3.63, 3.8) is 0 Å². The predicted molar refractivity (Wildman–Crippen MR) is 136 cm³/mol. The molecule has 7 nitrogen and oxygen atoms in total. The third-order valence-electron chi connectivity index (χ3n) is 8.97. The van der Waals surface area contributed by atoms with Crippen LogP contribution >= 0.6 is 0 Å². The first kappa shape index (κ1) is 28.4. The summed E-state index contributed by atoms with van der Waals surface area (Å²) in [7, 11) is 1.80. The quantitative estimate of drug-likeness (QED) is 0.553. The highest BCUT2D eigenvalue weighted by molar-refractivity contribution is 6.08. The third kappa shape index (κ3) is 4.92. The molecule has 1 heterocycles. The van der Waals surface area contributed by atoms with Gasteiger partial charge in [0, 0.05) is 18.6 Å². The van der Waals surface area contributed by atoms with Gasteiger partial charge in [-0.25, -0.2) is 9.79 Å². The summed E-state index contributed by atoms with van der Waals surface area (Å²) >= 11 is 0. The molecule has 5 rings (SSSR count). The van der Waals surface area contributed by atoms with Crippen molar-refractivity contribution in [2.45, 2.75) is 102 Å². The molecule has 0 bridgehead atoms. The Kier molecular flexibility index (Phi) is 7.85. The molecule has 1 aliphatic heterocycles. The van der Waals surface area contributed by atoms with Crippen LogP contribution in [0, 0.1) is 11.3 Å². The first-order valence-electron chi connectivity index (χ1n) is 13.5. The molecule has 1 aromatic carbocycles. The van der Waals surface area contributed by atoms with Gasteiger partial charge in [-0.15, -0.1) is 0 Å². The topological polar surface area (TPSA) is 105 Å². The first-order valence-corrected chi connectivity index (χ1v) is 13.5. The number of guanidine groups is 1. The van der Waals surface area contributed by atoms with Crippen LogP contribution in [0.25, 0.3) is 0 Å². The second-order valence-corrected chi connectivity index (χ2v) is 11.5. The van der Waals surface area contributed by atoms with Gasteiger partial charge in [0.15, 0.2) is 11.5 Å². The lowest BCUT2D eigenvalue weighted by atomic mass is 9.61. The number of methoxy groups -OCH3 is 1. The molecule has 38 heavy (non-hydrogen) atoms. The summed E-state index contributed by atoms with van der Waals surface area (Å²) in [6, 6.07) is 6.89.